The Morgan fingerprint density at radius 1 is 0.657 bits per heavy atom. The third-order valence-corrected chi connectivity index (χ3v) is 7.25. The predicted molar refractivity (Wildman–Crippen MR) is 132 cm³/mol. The maximum Gasteiger partial charge on any atom is 0.246 e. The molecule has 0 saturated heterocycles. The largest absolute Gasteiger partial charge is 0.487 e. The molecule has 5 heteroatoms. The normalized spacial score (nSPS) is 19.6. The number of ether oxygens (including phenoxy) is 3. The topological polar surface area (TPSA) is 48.0 Å². The van der Waals surface area contributed by atoms with E-state index in [1.807, 2.05) is 71.6 Å². The standard InChI is InChI=1S/C30H23NO4/c32-29-30(19-35-27-23(30)15-16-25-28(27)34-18-17-33-25)22-13-7-8-14-24(22)31(29)26(20-9-3-1-4-10-20)21-11-5-2-6-12-21/h1-16,26H,17-19H2. The molecule has 4 aromatic carbocycles. The van der Waals surface area contributed by atoms with Crippen molar-refractivity contribution in [2.45, 2.75) is 11.5 Å². The first kappa shape index (κ1) is 20.2. The van der Waals surface area contributed by atoms with Crippen molar-refractivity contribution in [3.05, 3.63) is 119 Å². The Morgan fingerprint density at radius 3 is 2.06 bits per heavy atom. The Labute approximate surface area is 203 Å². The minimum atomic E-state index is -0.941. The average molecular weight is 462 g/mol. The van der Waals surface area contributed by atoms with Crippen molar-refractivity contribution in [2.75, 3.05) is 24.7 Å². The number of carbonyl (C=O) groups is 1. The van der Waals surface area contributed by atoms with Gasteiger partial charge < -0.3 is 14.2 Å². The number of para-hydroxylation sites is 1. The second-order valence-corrected chi connectivity index (χ2v) is 9.08. The van der Waals surface area contributed by atoms with Crippen molar-refractivity contribution in [3.8, 4) is 17.2 Å². The molecule has 3 heterocycles. The summed E-state index contributed by atoms with van der Waals surface area (Å²) in [4.78, 5) is 16.6. The van der Waals surface area contributed by atoms with E-state index in [-0.39, 0.29) is 18.6 Å². The van der Waals surface area contributed by atoms with E-state index in [2.05, 4.69) is 30.3 Å². The highest BCUT2D eigenvalue weighted by molar-refractivity contribution is 6.12. The molecule has 7 rings (SSSR count). The number of fused-ring (bicyclic) bond motifs is 6. The van der Waals surface area contributed by atoms with E-state index in [1.54, 1.807) is 0 Å². The van der Waals surface area contributed by atoms with Gasteiger partial charge in [0.1, 0.15) is 25.2 Å². The second kappa shape index (κ2) is 7.64. The van der Waals surface area contributed by atoms with Crippen LogP contribution >= 0.6 is 0 Å². The van der Waals surface area contributed by atoms with Gasteiger partial charge in [-0.15, -0.1) is 0 Å². The SMILES string of the molecule is O=C1N(C(c2ccccc2)c2ccccc2)c2ccccc2C12COc1c2ccc2c1OCCO2. The lowest BCUT2D eigenvalue weighted by atomic mass is 9.77. The molecule has 0 bridgehead atoms. The summed E-state index contributed by atoms with van der Waals surface area (Å²) >= 11 is 0. The number of benzene rings is 4. The van der Waals surface area contributed by atoms with Crippen LogP contribution in [0.2, 0.25) is 0 Å². The first-order chi connectivity index (χ1) is 17.3. The van der Waals surface area contributed by atoms with E-state index >= 15 is 0 Å². The lowest BCUT2D eigenvalue weighted by molar-refractivity contribution is -0.122. The Balaban J connectivity index is 1.45. The van der Waals surface area contributed by atoms with Crippen molar-refractivity contribution >= 4 is 11.6 Å². The molecule has 0 aliphatic carbocycles. The first-order valence-electron chi connectivity index (χ1n) is 11.9. The molecule has 3 aliphatic rings. The molecule has 35 heavy (non-hydrogen) atoms. The van der Waals surface area contributed by atoms with Gasteiger partial charge in [-0.2, -0.15) is 0 Å². The smallest absolute Gasteiger partial charge is 0.246 e. The van der Waals surface area contributed by atoms with E-state index in [0.717, 1.165) is 27.9 Å². The molecule has 1 unspecified atom stereocenters. The van der Waals surface area contributed by atoms with E-state index in [9.17, 15) is 4.79 Å². The number of carbonyl (C=O) groups excluding carboxylic acids is 1. The minimum Gasteiger partial charge on any atom is -0.487 e. The third-order valence-electron chi connectivity index (χ3n) is 7.25. The van der Waals surface area contributed by atoms with E-state index in [4.69, 9.17) is 14.2 Å². The van der Waals surface area contributed by atoms with E-state index in [0.29, 0.717) is 30.5 Å². The Morgan fingerprint density at radius 2 is 1.31 bits per heavy atom. The summed E-state index contributed by atoms with van der Waals surface area (Å²) in [5, 5.41) is 0. The van der Waals surface area contributed by atoms with Gasteiger partial charge >= 0.3 is 0 Å². The Kier molecular flexibility index (Phi) is 4.40. The van der Waals surface area contributed by atoms with Crippen molar-refractivity contribution < 1.29 is 19.0 Å². The van der Waals surface area contributed by atoms with Crippen LogP contribution in [0.15, 0.2) is 97.1 Å². The summed E-state index contributed by atoms with van der Waals surface area (Å²) in [6, 6.07) is 32.1. The minimum absolute atomic E-state index is 0.00633. The highest BCUT2D eigenvalue weighted by Crippen LogP contribution is 2.58. The molecule has 0 saturated carbocycles. The van der Waals surface area contributed by atoms with Gasteiger partial charge in [-0.25, -0.2) is 0 Å². The highest BCUT2D eigenvalue weighted by atomic mass is 16.6. The summed E-state index contributed by atoms with van der Waals surface area (Å²) in [5.41, 5.74) is 3.87. The summed E-state index contributed by atoms with van der Waals surface area (Å²) in [6.07, 6.45) is 0. The van der Waals surface area contributed by atoms with Crippen LogP contribution in [0.25, 0.3) is 0 Å². The number of hydrogen-bond donors (Lipinski definition) is 0. The Bertz CT molecular complexity index is 1400. The quantitative estimate of drug-likeness (QED) is 0.417. The molecular weight excluding hydrogens is 438 g/mol. The molecule has 172 valence electrons. The van der Waals surface area contributed by atoms with Gasteiger partial charge in [0.15, 0.2) is 11.5 Å². The number of anilines is 1. The molecule has 5 nitrogen and oxygen atoms in total. The molecule has 0 fully saturated rings. The van der Waals surface area contributed by atoms with Gasteiger partial charge in [0.25, 0.3) is 0 Å². The van der Waals surface area contributed by atoms with Crippen LogP contribution in [0, 0.1) is 0 Å². The zero-order valence-electron chi connectivity index (χ0n) is 19.0. The van der Waals surface area contributed by atoms with Gasteiger partial charge in [-0.3, -0.25) is 9.69 Å². The summed E-state index contributed by atoms with van der Waals surface area (Å²) < 4.78 is 17.9. The summed E-state index contributed by atoms with van der Waals surface area (Å²) in [7, 11) is 0. The maximum atomic E-state index is 14.7. The van der Waals surface area contributed by atoms with Gasteiger partial charge in [0.05, 0.1) is 6.04 Å². The molecule has 0 N–H and O–H groups in total. The number of amides is 1. The zero-order chi connectivity index (χ0) is 23.4. The van der Waals surface area contributed by atoms with Crippen LogP contribution in [-0.2, 0) is 10.2 Å². The molecule has 1 spiro atoms. The monoisotopic (exact) mass is 461 g/mol. The molecule has 0 aromatic heterocycles. The zero-order valence-corrected chi connectivity index (χ0v) is 19.0. The van der Waals surface area contributed by atoms with Crippen molar-refractivity contribution in [3.63, 3.8) is 0 Å². The number of hydrogen-bond acceptors (Lipinski definition) is 4. The van der Waals surface area contributed by atoms with Crippen molar-refractivity contribution in [2.24, 2.45) is 0 Å². The molecule has 3 aliphatic heterocycles. The predicted octanol–water partition coefficient (Wildman–Crippen LogP) is 5.27. The fourth-order valence-corrected chi connectivity index (χ4v) is 5.72. The van der Waals surface area contributed by atoms with Crippen LogP contribution in [0.4, 0.5) is 5.69 Å². The highest BCUT2D eigenvalue weighted by Gasteiger charge is 2.59. The van der Waals surface area contributed by atoms with E-state index < -0.39 is 5.41 Å². The molecular formula is C30H23NO4. The number of nitrogens with zero attached hydrogens (tertiary/aromatic N) is 1. The summed E-state index contributed by atoms with van der Waals surface area (Å²) in [6.45, 7) is 1.19. The van der Waals surface area contributed by atoms with Crippen LogP contribution in [0.3, 0.4) is 0 Å². The van der Waals surface area contributed by atoms with Gasteiger partial charge in [0.2, 0.25) is 11.7 Å². The molecule has 1 amide bonds. The first-order valence-corrected chi connectivity index (χ1v) is 11.9. The van der Waals surface area contributed by atoms with E-state index in [1.165, 1.54) is 0 Å². The molecule has 0 radical (unpaired) electrons. The lowest BCUT2D eigenvalue weighted by Gasteiger charge is -2.31. The van der Waals surface area contributed by atoms with Crippen LogP contribution in [0.1, 0.15) is 28.3 Å². The van der Waals surface area contributed by atoms with Crippen molar-refractivity contribution in [1.29, 1.82) is 0 Å². The third kappa shape index (κ3) is 2.78. The van der Waals surface area contributed by atoms with Gasteiger partial charge in [0, 0.05) is 11.3 Å². The number of rotatable bonds is 3. The van der Waals surface area contributed by atoms with Crippen molar-refractivity contribution in [1.82, 2.24) is 0 Å². The molecule has 4 aromatic rings. The van der Waals surface area contributed by atoms with Gasteiger partial charge in [-0.1, -0.05) is 78.9 Å². The average Bonchev–Trinajstić information content (AvgIpc) is 3.43. The fraction of sp³-hybridized carbons (Fsp3) is 0.167. The maximum absolute atomic E-state index is 14.7. The second-order valence-electron chi connectivity index (χ2n) is 9.08. The lowest BCUT2D eigenvalue weighted by Crippen LogP contribution is -2.44. The van der Waals surface area contributed by atoms with Crippen LogP contribution in [0.5, 0.6) is 17.2 Å². The fourth-order valence-electron chi connectivity index (χ4n) is 5.72. The summed E-state index contributed by atoms with van der Waals surface area (Å²) in [5.74, 6) is 1.88. The molecule has 1 atom stereocenters. The Hall–Kier alpha value is -4.25. The van der Waals surface area contributed by atoms with Crippen LogP contribution < -0.4 is 19.1 Å². The van der Waals surface area contributed by atoms with Crippen LogP contribution in [-0.4, -0.2) is 25.7 Å². The van der Waals surface area contributed by atoms with Gasteiger partial charge in [-0.05, 0) is 34.9 Å².